The average Bonchev–Trinajstić information content (AvgIpc) is 2.48. The van der Waals surface area contributed by atoms with E-state index < -0.39 is 0 Å². The molecule has 1 aliphatic rings. The van der Waals surface area contributed by atoms with Crippen molar-refractivity contribution in [3.05, 3.63) is 34.9 Å². The lowest BCUT2D eigenvalue weighted by Crippen LogP contribution is -2.37. The smallest absolute Gasteiger partial charge is 0.0486 e. The summed E-state index contributed by atoms with van der Waals surface area (Å²) in [4.78, 5) is 0. The molecule has 1 aliphatic heterocycles. The summed E-state index contributed by atoms with van der Waals surface area (Å²) in [5.41, 5.74) is 10.4. The Kier molecular flexibility index (Phi) is 3.31. The van der Waals surface area contributed by atoms with Crippen LogP contribution in [0.1, 0.15) is 36.0 Å². The lowest BCUT2D eigenvalue weighted by atomic mass is 9.81. The van der Waals surface area contributed by atoms with Crippen molar-refractivity contribution >= 4 is 0 Å². The second-order valence-electron chi connectivity index (χ2n) is 4.87. The van der Waals surface area contributed by atoms with Crippen LogP contribution in [0.4, 0.5) is 0 Å². The molecule has 0 aromatic heterocycles. The van der Waals surface area contributed by atoms with E-state index in [1.54, 1.807) is 0 Å². The van der Waals surface area contributed by atoms with Crippen LogP contribution in [0.2, 0.25) is 0 Å². The van der Waals surface area contributed by atoms with Crippen LogP contribution >= 0.6 is 0 Å². The molecule has 16 heavy (non-hydrogen) atoms. The Morgan fingerprint density at radius 2 is 2.00 bits per heavy atom. The molecule has 1 aromatic carbocycles. The summed E-state index contributed by atoms with van der Waals surface area (Å²) in [5, 5.41) is 0. The number of ether oxygens (including phenoxy) is 1. The maximum Gasteiger partial charge on any atom is 0.0486 e. The van der Waals surface area contributed by atoms with Crippen LogP contribution in [0.25, 0.3) is 0 Å². The van der Waals surface area contributed by atoms with Crippen LogP contribution in [0.15, 0.2) is 18.2 Å². The van der Waals surface area contributed by atoms with Gasteiger partial charge in [0.25, 0.3) is 0 Å². The van der Waals surface area contributed by atoms with Gasteiger partial charge in [-0.1, -0.05) is 18.2 Å². The molecule has 0 spiro atoms. The predicted molar refractivity (Wildman–Crippen MR) is 66.5 cm³/mol. The van der Waals surface area contributed by atoms with Gasteiger partial charge in [0.15, 0.2) is 0 Å². The molecule has 0 aliphatic carbocycles. The lowest BCUT2D eigenvalue weighted by molar-refractivity contribution is 0.139. The van der Waals surface area contributed by atoms with Crippen molar-refractivity contribution in [3.63, 3.8) is 0 Å². The van der Waals surface area contributed by atoms with Crippen LogP contribution in [-0.2, 0) is 10.3 Å². The highest BCUT2D eigenvalue weighted by Crippen LogP contribution is 2.32. The minimum atomic E-state index is -0.188. The number of benzene rings is 1. The van der Waals surface area contributed by atoms with Gasteiger partial charge in [0.05, 0.1) is 0 Å². The van der Waals surface area contributed by atoms with Crippen LogP contribution in [-0.4, -0.2) is 13.2 Å². The highest BCUT2D eigenvalue weighted by molar-refractivity contribution is 5.38. The molecular formula is C14H21NO. The first-order valence-corrected chi connectivity index (χ1v) is 6.07. The standard InChI is InChI=1S/C14H21NO/c1-11-5-3-6-13(12(11)2)14(15)7-4-9-16-10-8-14/h3,5-6H,4,7-10,15H2,1-2H3. The fourth-order valence-corrected chi connectivity index (χ4v) is 2.53. The van der Waals surface area contributed by atoms with Gasteiger partial charge in [-0.2, -0.15) is 0 Å². The zero-order chi connectivity index (χ0) is 11.6. The summed E-state index contributed by atoms with van der Waals surface area (Å²) in [7, 11) is 0. The molecule has 2 N–H and O–H groups in total. The van der Waals surface area contributed by atoms with Gasteiger partial charge < -0.3 is 10.5 Å². The summed E-state index contributed by atoms with van der Waals surface area (Å²) >= 11 is 0. The molecule has 0 amide bonds. The second kappa shape index (κ2) is 4.56. The third kappa shape index (κ3) is 2.13. The molecule has 1 atom stereocenters. The van der Waals surface area contributed by atoms with Crippen molar-refractivity contribution in [3.8, 4) is 0 Å². The maximum absolute atomic E-state index is 6.57. The van der Waals surface area contributed by atoms with E-state index in [2.05, 4.69) is 32.0 Å². The number of hydrogen-bond donors (Lipinski definition) is 1. The fourth-order valence-electron chi connectivity index (χ4n) is 2.53. The Labute approximate surface area is 97.8 Å². The lowest BCUT2D eigenvalue weighted by Gasteiger charge is -2.30. The maximum atomic E-state index is 6.57. The van der Waals surface area contributed by atoms with E-state index in [4.69, 9.17) is 10.5 Å². The third-order valence-electron chi connectivity index (χ3n) is 3.75. The van der Waals surface area contributed by atoms with Crippen molar-refractivity contribution in [2.24, 2.45) is 5.73 Å². The molecular weight excluding hydrogens is 198 g/mol. The monoisotopic (exact) mass is 219 g/mol. The average molecular weight is 219 g/mol. The molecule has 0 radical (unpaired) electrons. The van der Waals surface area contributed by atoms with Gasteiger partial charge in [-0.05, 0) is 49.8 Å². The molecule has 0 bridgehead atoms. The zero-order valence-corrected chi connectivity index (χ0v) is 10.3. The van der Waals surface area contributed by atoms with E-state index in [1.165, 1.54) is 16.7 Å². The van der Waals surface area contributed by atoms with Gasteiger partial charge in [-0.3, -0.25) is 0 Å². The van der Waals surface area contributed by atoms with Crippen molar-refractivity contribution in [2.75, 3.05) is 13.2 Å². The van der Waals surface area contributed by atoms with Gasteiger partial charge in [-0.25, -0.2) is 0 Å². The predicted octanol–water partition coefficient (Wildman–Crippen LogP) is 2.66. The molecule has 1 unspecified atom stereocenters. The van der Waals surface area contributed by atoms with Gasteiger partial charge in [-0.15, -0.1) is 0 Å². The molecule has 2 heteroatoms. The Hall–Kier alpha value is -0.860. The van der Waals surface area contributed by atoms with E-state index in [-0.39, 0.29) is 5.54 Å². The Morgan fingerprint density at radius 3 is 2.81 bits per heavy atom. The molecule has 1 aromatic rings. The van der Waals surface area contributed by atoms with E-state index in [0.29, 0.717) is 0 Å². The van der Waals surface area contributed by atoms with Crippen molar-refractivity contribution in [1.29, 1.82) is 0 Å². The second-order valence-corrected chi connectivity index (χ2v) is 4.87. The van der Waals surface area contributed by atoms with E-state index in [9.17, 15) is 0 Å². The number of hydrogen-bond acceptors (Lipinski definition) is 2. The quantitative estimate of drug-likeness (QED) is 0.788. The van der Waals surface area contributed by atoms with Gasteiger partial charge in [0, 0.05) is 18.8 Å². The first-order valence-electron chi connectivity index (χ1n) is 6.07. The van der Waals surface area contributed by atoms with E-state index in [0.717, 1.165) is 32.5 Å². The van der Waals surface area contributed by atoms with Crippen LogP contribution in [0.3, 0.4) is 0 Å². The molecule has 1 fully saturated rings. The molecule has 1 saturated heterocycles. The first-order chi connectivity index (χ1) is 7.63. The molecule has 2 nitrogen and oxygen atoms in total. The van der Waals surface area contributed by atoms with Crippen LogP contribution in [0.5, 0.6) is 0 Å². The Balaban J connectivity index is 2.37. The molecule has 2 rings (SSSR count). The summed E-state index contributed by atoms with van der Waals surface area (Å²) in [5.74, 6) is 0. The Bertz CT molecular complexity index is 365. The van der Waals surface area contributed by atoms with Crippen molar-refractivity contribution < 1.29 is 4.74 Å². The third-order valence-corrected chi connectivity index (χ3v) is 3.75. The highest BCUT2D eigenvalue weighted by atomic mass is 16.5. The fraction of sp³-hybridized carbons (Fsp3) is 0.571. The number of rotatable bonds is 1. The topological polar surface area (TPSA) is 35.2 Å². The zero-order valence-electron chi connectivity index (χ0n) is 10.3. The normalized spacial score (nSPS) is 26.4. The number of nitrogens with two attached hydrogens (primary N) is 1. The number of aryl methyl sites for hydroxylation is 1. The van der Waals surface area contributed by atoms with Gasteiger partial charge in [0.2, 0.25) is 0 Å². The molecule has 1 heterocycles. The largest absolute Gasteiger partial charge is 0.381 e. The summed E-state index contributed by atoms with van der Waals surface area (Å²) < 4.78 is 5.50. The van der Waals surface area contributed by atoms with Crippen molar-refractivity contribution in [2.45, 2.75) is 38.6 Å². The van der Waals surface area contributed by atoms with Gasteiger partial charge in [0.1, 0.15) is 0 Å². The summed E-state index contributed by atoms with van der Waals surface area (Å²) in [6, 6.07) is 6.43. The summed E-state index contributed by atoms with van der Waals surface area (Å²) in [6.45, 7) is 5.95. The Morgan fingerprint density at radius 1 is 1.19 bits per heavy atom. The first kappa shape index (κ1) is 11.6. The van der Waals surface area contributed by atoms with Crippen LogP contribution in [0, 0.1) is 13.8 Å². The molecule has 0 saturated carbocycles. The minimum Gasteiger partial charge on any atom is -0.381 e. The molecule has 88 valence electrons. The minimum absolute atomic E-state index is 0.188. The summed E-state index contributed by atoms with van der Waals surface area (Å²) in [6.07, 6.45) is 3.01. The SMILES string of the molecule is Cc1cccc(C2(N)CCCOCC2)c1C. The van der Waals surface area contributed by atoms with Gasteiger partial charge >= 0.3 is 0 Å². The van der Waals surface area contributed by atoms with Crippen molar-refractivity contribution in [1.82, 2.24) is 0 Å². The van der Waals surface area contributed by atoms with Crippen LogP contribution < -0.4 is 5.73 Å². The van der Waals surface area contributed by atoms with E-state index >= 15 is 0 Å². The van der Waals surface area contributed by atoms with E-state index in [1.807, 2.05) is 0 Å². The highest BCUT2D eigenvalue weighted by Gasteiger charge is 2.30.